The van der Waals surface area contributed by atoms with Crippen molar-refractivity contribution < 1.29 is 9.53 Å². The second kappa shape index (κ2) is 7.08. The molecular weight excluding hydrogens is 262 g/mol. The van der Waals surface area contributed by atoms with E-state index in [4.69, 9.17) is 4.74 Å². The molecular formula is C18H29NO2. The van der Waals surface area contributed by atoms with Gasteiger partial charge in [0.05, 0.1) is 18.6 Å². The molecule has 0 bridgehead atoms. The molecule has 21 heavy (non-hydrogen) atoms. The molecule has 1 atom stereocenters. The van der Waals surface area contributed by atoms with Crippen LogP contribution in [0.4, 0.5) is 0 Å². The molecule has 1 aromatic carbocycles. The fourth-order valence-electron chi connectivity index (χ4n) is 2.50. The molecule has 0 saturated heterocycles. The van der Waals surface area contributed by atoms with Crippen LogP contribution in [0.1, 0.15) is 59.1 Å². The van der Waals surface area contributed by atoms with Gasteiger partial charge in [0.1, 0.15) is 0 Å². The number of hydrogen-bond acceptors (Lipinski definition) is 3. The molecule has 0 aromatic heterocycles. The largest absolute Gasteiger partial charge is 0.466 e. The normalized spacial score (nSPS) is 14.6. The highest BCUT2D eigenvalue weighted by atomic mass is 16.5. The zero-order valence-electron chi connectivity index (χ0n) is 14.2. The van der Waals surface area contributed by atoms with Crippen molar-refractivity contribution in [3.63, 3.8) is 0 Å². The van der Waals surface area contributed by atoms with Crippen molar-refractivity contribution in [2.45, 2.75) is 58.9 Å². The van der Waals surface area contributed by atoms with Crippen molar-refractivity contribution >= 4 is 5.97 Å². The van der Waals surface area contributed by atoms with Gasteiger partial charge in [0.15, 0.2) is 0 Å². The first-order valence-electron chi connectivity index (χ1n) is 7.74. The number of benzene rings is 1. The minimum atomic E-state index is -0.391. The lowest BCUT2D eigenvalue weighted by molar-refractivity contribution is -0.144. The van der Waals surface area contributed by atoms with Gasteiger partial charge < -0.3 is 10.1 Å². The summed E-state index contributed by atoms with van der Waals surface area (Å²) in [4.78, 5) is 11.9. The van der Waals surface area contributed by atoms with Crippen molar-refractivity contribution in [3.05, 3.63) is 35.4 Å². The SMILES string of the molecule is CCNC(C)(CC(=O)OCC)c1ccc(C(C)(C)C)cc1. The van der Waals surface area contributed by atoms with Crippen LogP contribution < -0.4 is 5.32 Å². The lowest BCUT2D eigenvalue weighted by Gasteiger charge is -2.31. The smallest absolute Gasteiger partial charge is 0.307 e. The van der Waals surface area contributed by atoms with Crippen LogP contribution >= 0.6 is 0 Å². The van der Waals surface area contributed by atoms with Crippen LogP contribution in [0.5, 0.6) is 0 Å². The Morgan fingerprint density at radius 2 is 1.57 bits per heavy atom. The molecule has 1 unspecified atom stereocenters. The van der Waals surface area contributed by atoms with Crippen LogP contribution in [0.3, 0.4) is 0 Å². The van der Waals surface area contributed by atoms with Gasteiger partial charge in [-0.25, -0.2) is 0 Å². The highest BCUT2D eigenvalue weighted by Gasteiger charge is 2.29. The number of hydrogen-bond donors (Lipinski definition) is 1. The minimum Gasteiger partial charge on any atom is -0.466 e. The number of esters is 1. The molecule has 118 valence electrons. The molecule has 0 radical (unpaired) electrons. The molecule has 1 aromatic rings. The fourth-order valence-corrected chi connectivity index (χ4v) is 2.50. The van der Waals surface area contributed by atoms with Gasteiger partial charge in [-0.15, -0.1) is 0 Å². The Labute approximate surface area is 129 Å². The van der Waals surface area contributed by atoms with Gasteiger partial charge in [-0.3, -0.25) is 4.79 Å². The first kappa shape index (κ1) is 17.7. The van der Waals surface area contributed by atoms with Crippen LogP contribution in [-0.2, 0) is 20.5 Å². The molecule has 3 nitrogen and oxygen atoms in total. The van der Waals surface area contributed by atoms with Gasteiger partial charge in [-0.1, -0.05) is 52.0 Å². The summed E-state index contributed by atoms with van der Waals surface area (Å²) in [5, 5.41) is 3.42. The zero-order chi connectivity index (χ0) is 16.1. The number of carbonyl (C=O) groups excluding carboxylic acids is 1. The topological polar surface area (TPSA) is 38.3 Å². The maximum Gasteiger partial charge on any atom is 0.307 e. The Balaban J connectivity index is 3.02. The predicted octanol–water partition coefficient (Wildman–Crippen LogP) is 3.76. The highest BCUT2D eigenvalue weighted by molar-refractivity contribution is 5.71. The highest BCUT2D eigenvalue weighted by Crippen LogP contribution is 2.28. The molecule has 0 amide bonds. The lowest BCUT2D eigenvalue weighted by atomic mass is 9.83. The van der Waals surface area contributed by atoms with Crippen molar-refractivity contribution in [2.75, 3.05) is 13.2 Å². The molecule has 0 spiro atoms. The standard InChI is InChI=1S/C18H29NO2/c1-7-19-18(6,13-16(20)21-8-2)15-11-9-14(10-12-15)17(3,4)5/h9-12,19H,7-8,13H2,1-6H3. The summed E-state index contributed by atoms with van der Waals surface area (Å²) >= 11 is 0. The Morgan fingerprint density at radius 1 is 1.05 bits per heavy atom. The second-order valence-electron chi connectivity index (χ2n) is 6.67. The van der Waals surface area contributed by atoms with Crippen LogP contribution in [0, 0.1) is 0 Å². The van der Waals surface area contributed by atoms with E-state index in [-0.39, 0.29) is 11.4 Å². The first-order valence-corrected chi connectivity index (χ1v) is 7.74. The van der Waals surface area contributed by atoms with Crippen molar-refractivity contribution in [2.24, 2.45) is 0 Å². The lowest BCUT2D eigenvalue weighted by Crippen LogP contribution is -2.41. The molecule has 0 fully saturated rings. The van der Waals surface area contributed by atoms with E-state index in [1.807, 2.05) is 13.8 Å². The third-order valence-electron chi connectivity index (χ3n) is 3.76. The molecule has 0 aliphatic rings. The summed E-state index contributed by atoms with van der Waals surface area (Å²) in [6, 6.07) is 8.52. The van der Waals surface area contributed by atoms with Crippen LogP contribution in [0.25, 0.3) is 0 Å². The molecule has 0 saturated carbocycles. The quantitative estimate of drug-likeness (QED) is 0.811. The summed E-state index contributed by atoms with van der Waals surface area (Å²) in [5.74, 6) is -0.166. The molecule has 1 rings (SSSR count). The van der Waals surface area contributed by atoms with E-state index in [2.05, 4.69) is 57.3 Å². The minimum absolute atomic E-state index is 0.133. The summed E-state index contributed by atoms with van der Waals surface area (Å²) in [6.45, 7) is 13.8. The molecule has 1 N–H and O–H groups in total. The van der Waals surface area contributed by atoms with Crippen molar-refractivity contribution in [1.82, 2.24) is 5.32 Å². The summed E-state index contributed by atoms with van der Waals surface area (Å²) in [5.41, 5.74) is 2.15. The number of nitrogens with one attached hydrogen (secondary N) is 1. The van der Waals surface area contributed by atoms with E-state index >= 15 is 0 Å². The Bertz CT molecular complexity index is 459. The fraction of sp³-hybridized carbons (Fsp3) is 0.611. The van der Waals surface area contributed by atoms with Gasteiger partial charge >= 0.3 is 5.97 Å². The summed E-state index contributed by atoms with van der Waals surface area (Å²) in [7, 11) is 0. The molecule has 0 heterocycles. The average Bonchev–Trinajstić information content (AvgIpc) is 2.38. The van der Waals surface area contributed by atoms with E-state index in [0.29, 0.717) is 13.0 Å². The van der Waals surface area contributed by atoms with Crippen molar-refractivity contribution in [3.8, 4) is 0 Å². The van der Waals surface area contributed by atoms with Crippen molar-refractivity contribution in [1.29, 1.82) is 0 Å². The maximum absolute atomic E-state index is 11.9. The van der Waals surface area contributed by atoms with E-state index in [9.17, 15) is 4.79 Å². The first-order chi connectivity index (χ1) is 9.73. The summed E-state index contributed by atoms with van der Waals surface area (Å²) in [6.07, 6.45) is 0.337. The van der Waals surface area contributed by atoms with Gasteiger partial charge in [0.2, 0.25) is 0 Å². The van der Waals surface area contributed by atoms with E-state index < -0.39 is 5.54 Å². The van der Waals surface area contributed by atoms with Gasteiger partial charge in [-0.2, -0.15) is 0 Å². The van der Waals surface area contributed by atoms with E-state index in [0.717, 1.165) is 12.1 Å². The maximum atomic E-state index is 11.9. The van der Waals surface area contributed by atoms with Crippen LogP contribution in [-0.4, -0.2) is 19.1 Å². The third kappa shape index (κ3) is 4.85. The van der Waals surface area contributed by atoms with Gasteiger partial charge in [0.25, 0.3) is 0 Å². The molecule has 0 aliphatic heterocycles. The zero-order valence-corrected chi connectivity index (χ0v) is 14.2. The van der Waals surface area contributed by atoms with Crippen LogP contribution in [0.2, 0.25) is 0 Å². The Kier molecular flexibility index (Phi) is 5.97. The number of ether oxygens (including phenoxy) is 1. The Hall–Kier alpha value is -1.35. The third-order valence-corrected chi connectivity index (χ3v) is 3.76. The monoisotopic (exact) mass is 291 g/mol. The average molecular weight is 291 g/mol. The number of carbonyl (C=O) groups is 1. The van der Waals surface area contributed by atoms with Crippen LogP contribution in [0.15, 0.2) is 24.3 Å². The van der Waals surface area contributed by atoms with Gasteiger partial charge in [0, 0.05) is 0 Å². The molecule has 3 heteroatoms. The molecule has 0 aliphatic carbocycles. The van der Waals surface area contributed by atoms with E-state index in [1.54, 1.807) is 0 Å². The second-order valence-corrected chi connectivity index (χ2v) is 6.67. The summed E-state index contributed by atoms with van der Waals surface area (Å²) < 4.78 is 5.10. The van der Waals surface area contributed by atoms with Gasteiger partial charge in [-0.05, 0) is 36.9 Å². The number of rotatable bonds is 6. The predicted molar refractivity (Wildman–Crippen MR) is 87.4 cm³/mol. The Morgan fingerprint density at radius 3 is 2.00 bits per heavy atom. The van der Waals surface area contributed by atoms with E-state index in [1.165, 1.54) is 5.56 Å².